The van der Waals surface area contributed by atoms with Crippen LogP contribution in [-0.2, 0) is 4.79 Å². The van der Waals surface area contributed by atoms with Crippen molar-refractivity contribution in [3.8, 4) is 11.5 Å². The summed E-state index contributed by atoms with van der Waals surface area (Å²) in [5, 5.41) is 2.98. The van der Waals surface area contributed by atoms with Gasteiger partial charge in [0, 0.05) is 5.92 Å². The number of rotatable bonds is 7. The van der Waals surface area contributed by atoms with Gasteiger partial charge < -0.3 is 14.8 Å². The number of ether oxygens (including phenoxy) is 2. The standard InChI is InChI=1S/C16H25NO3/c1-6-19-14-9-8-13(10-15(14)20-7-2)12(5)17-16(18)11(3)4/h8-12H,6-7H2,1-5H3,(H,17,18). The molecule has 1 N–H and O–H groups in total. The minimum absolute atomic E-state index is 0.0217. The van der Waals surface area contributed by atoms with E-state index in [1.165, 1.54) is 0 Å². The zero-order valence-electron chi connectivity index (χ0n) is 13.0. The molecule has 0 heterocycles. The van der Waals surface area contributed by atoms with Crippen molar-refractivity contribution in [2.45, 2.75) is 40.7 Å². The minimum atomic E-state index is -0.0558. The molecule has 4 heteroatoms. The second kappa shape index (κ2) is 7.78. The first-order chi connectivity index (χ1) is 9.49. The highest BCUT2D eigenvalue weighted by atomic mass is 16.5. The Morgan fingerprint density at radius 3 is 2.25 bits per heavy atom. The Labute approximate surface area is 121 Å². The summed E-state index contributed by atoms with van der Waals surface area (Å²) < 4.78 is 11.1. The van der Waals surface area contributed by atoms with E-state index < -0.39 is 0 Å². The summed E-state index contributed by atoms with van der Waals surface area (Å²) >= 11 is 0. The van der Waals surface area contributed by atoms with Gasteiger partial charge in [-0.1, -0.05) is 19.9 Å². The Hall–Kier alpha value is -1.71. The predicted molar refractivity (Wildman–Crippen MR) is 80.2 cm³/mol. The molecule has 1 unspecified atom stereocenters. The molecule has 0 spiro atoms. The third-order valence-electron chi connectivity index (χ3n) is 2.95. The van der Waals surface area contributed by atoms with E-state index >= 15 is 0 Å². The Morgan fingerprint density at radius 1 is 1.10 bits per heavy atom. The highest BCUT2D eigenvalue weighted by Crippen LogP contribution is 2.30. The molecule has 0 saturated carbocycles. The lowest BCUT2D eigenvalue weighted by molar-refractivity contribution is -0.124. The van der Waals surface area contributed by atoms with E-state index in [2.05, 4.69) is 5.32 Å². The van der Waals surface area contributed by atoms with Crippen molar-refractivity contribution in [2.24, 2.45) is 5.92 Å². The number of amides is 1. The number of hydrogen-bond acceptors (Lipinski definition) is 3. The molecular weight excluding hydrogens is 254 g/mol. The number of carbonyl (C=O) groups is 1. The Bertz CT molecular complexity index is 443. The largest absolute Gasteiger partial charge is 0.490 e. The van der Waals surface area contributed by atoms with E-state index in [1.54, 1.807) is 0 Å². The zero-order valence-corrected chi connectivity index (χ0v) is 13.0. The summed E-state index contributed by atoms with van der Waals surface area (Å²) in [4.78, 5) is 11.7. The van der Waals surface area contributed by atoms with Crippen molar-refractivity contribution < 1.29 is 14.3 Å². The van der Waals surface area contributed by atoms with Crippen molar-refractivity contribution >= 4 is 5.91 Å². The van der Waals surface area contributed by atoms with Gasteiger partial charge in [-0.05, 0) is 38.5 Å². The van der Waals surface area contributed by atoms with E-state index in [0.717, 1.165) is 17.1 Å². The molecule has 0 aliphatic carbocycles. The van der Waals surface area contributed by atoms with Crippen LogP contribution in [0, 0.1) is 5.92 Å². The van der Waals surface area contributed by atoms with Gasteiger partial charge in [-0.2, -0.15) is 0 Å². The van der Waals surface area contributed by atoms with Gasteiger partial charge in [0.15, 0.2) is 11.5 Å². The fourth-order valence-electron chi connectivity index (χ4n) is 1.80. The summed E-state index contributed by atoms with van der Waals surface area (Å²) in [6.07, 6.45) is 0. The van der Waals surface area contributed by atoms with Crippen LogP contribution in [0.2, 0.25) is 0 Å². The van der Waals surface area contributed by atoms with Crippen LogP contribution in [0.3, 0.4) is 0 Å². The summed E-state index contributed by atoms with van der Waals surface area (Å²) in [5.74, 6) is 1.48. The highest BCUT2D eigenvalue weighted by molar-refractivity contribution is 5.78. The Balaban J connectivity index is 2.89. The van der Waals surface area contributed by atoms with Crippen LogP contribution < -0.4 is 14.8 Å². The van der Waals surface area contributed by atoms with E-state index in [0.29, 0.717) is 13.2 Å². The number of nitrogens with one attached hydrogen (secondary N) is 1. The van der Waals surface area contributed by atoms with Crippen LogP contribution in [-0.4, -0.2) is 19.1 Å². The summed E-state index contributed by atoms with van der Waals surface area (Å²) in [7, 11) is 0. The van der Waals surface area contributed by atoms with Gasteiger partial charge in [0.1, 0.15) is 0 Å². The topological polar surface area (TPSA) is 47.6 Å². The maximum atomic E-state index is 11.7. The van der Waals surface area contributed by atoms with Gasteiger partial charge in [0.2, 0.25) is 5.91 Å². The smallest absolute Gasteiger partial charge is 0.223 e. The fraction of sp³-hybridized carbons (Fsp3) is 0.562. The summed E-state index contributed by atoms with van der Waals surface area (Å²) in [6.45, 7) is 10.8. The van der Waals surface area contributed by atoms with Crippen LogP contribution in [0.15, 0.2) is 18.2 Å². The first kappa shape index (κ1) is 16.3. The summed E-state index contributed by atoms with van der Waals surface area (Å²) in [5.41, 5.74) is 1.01. The lowest BCUT2D eigenvalue weighted by atomic mass is 10.1. The zero-order chi connectivity index (χ0) is 15.1. The lowest BCUT2D eigenvalue weighted by Gasteiger charge is -2.18. The average Bonchev–Trinajstić information content (AvgIpc) is 2.41. The lowest BCUT2D eigenvalue weighted by Crippen LogP contribution is -2.30. The van der Waals surface area contributed by atoms with Gasteiger partial charge >= 0.3 is 0 Å². The Morgan fingerprint density at radius 2 is 1.70 bits per heavy atom. The molecule has 0 saturated heterocycles. The first-order valence-corrected chi connectivity index (χ1v) is 7.19. The van der Waals surface area contributed by atoms with Crippen molar-refractivity contribution in [2.75, 3.05) is 13.2 Å². The molecular formula is C16H25NO3. The molecule has 1 aromatic carbocycles. The van der Waals surface area contributed by atoms with Crippen LogP contribution in [0.25, 0.3) is 0 Å². The Kier molecular flexibility index (Phi) is 6.36. The average molecular weight is 279 g/mol. The van der Waals surface area contributed by atoms with Crippen LogP contribution in [0.1, 0.15) is 46.2 Å². The molecule has 0 aromatic heterocycles. The fourth-order valence-corrected chi connectivity index (χ4v) is 1.80. The number of carbonyl (C=O) groups excluding carboxylic acids is 1. The molecule has 0 radical (unpaired) electrons. The van der Waals surface area contributed by atoms with Gasteiger partial charge in [0.25, 0.3) is 0 Å². The molecule has 1 rings (SSSR count). The van der Waals surface area contributed by atoms with Crippen molar-refractivity contribution in [1.29, 1.82) is 0 Å². The van der Waals surface area contributed by atoms with Gasteiger partial charge in [-0.3, -0.25) is 4.79 Å². The quantitative estimate of drug-likeness (QED) is 0.833. The van der Waals surface area contributed by atoms with E-state index in [1.807, 2.05) is 52.8 Å². The van der Waals surface area contributed by atoms with E-state index in [9.17, 15) is 4.79 Å². The van der Waals surface area contributed by atoms with Gasteiger partial charge in [-0.15, -0.1) is 0 Å². The molecule has 4 nitrogen and oxygen atoms in total. The van der Waals surface area contributed by atoms with E-state index in [4.69, 9.17) is 9.47 Å². The molecule has 0 bridgehead atoms. The second-order valence-corrected chi connectivity index (χ2v) is 4.96. The van der Waals surface area contributed by atoms with Gasteiger partial charge in [0.05, 0.1) is 19.3 Å². The van der Waals surface area contributed by atoms with Crippen molar-refractivity contribution in [1.82, 2.24) is 5.32 Å². The third-order valence-corrected chi connectivity index (χ3v) is 2.95. The van der Waals surface area contributed by atoms with Crippen LogP contribution in [0.5, 0.6) is 11.5 Å². The van der Waals surface area contributed by atoms with Crippen molar-refractivity contribution in [3.05, 3.63) is 23.8 Å². The molecule has 0 aliphatic heterocycles. The number of hydrogen-bond donors (Lipinski definition) is 1. The molecule has 20 heavy (non-hydrogen) atoms. The van der Waals surface area contributed by atoms with Crippen LogP contribution >= 0.6 is 0 Å². The second-order valence-electron chi connectivity index (χ2n) is 4.96. The molecule has 1 atom stereocenters. The molecule has 1 amide bonds. The number of benzene rings is 1. The van der Waals surface area contributed by atoms with Gasteiger partial charge in [-0.25, -0.2) is 0 Å². The van der Waals surface area contributed by atoms with Crippen molar-refractivity contribution in [3.63, 3.8) is 0 Å². The molecule has 1 aromatic rings. The molecule has 0 fully saturated rings. The predicted octanol–water partition coefficient (Wildman–Crippen LogP) is 3.32. The third kappa shape index (κ3) is 4.44. The monoisotopic (exact) mass is 279 g/mol. The van der Waals surface area contributed by atoms with E-state index in [-0.39, 0.29) is 17.9 Å². The SMILES string of the molecule is CCOc1ccc(C(C)NC(=O)C(C)C)cc1OCC. The molecule has 112 valence electrons. The first-order valence-electron chi connectivity index (χ1n) is 7.19. The maximum absolute atomic E-state index is 11.7. The molecule has 0 aliphatic rings. The van der Waals surface area contributed by atoms with Crippen LogP contribution in [0.4, 0.5) is 0 Å². The normalized spacial score (nSPS) is 12.1. The maximum Gasteiger partial charge on any atom is 0.223 e. The minimum Gasteiger partial charge on any atom is -0.490 e. The summed E-state index contributed by atoms with van der Waals surface area (Å²) in [6, 6.07) is 5.72. The highest BCUT2D eigenvalue weighted by Gasteiger charge is 2.14.